The lowest BCUT2D eigenvalue weighted by atomic mass is 10.0. The first-order valence-electron chi connectivity index (χ1n) is 6.04. The van der Waals surface area contributed by atoms with Gasteiger partial charge in [-0.15, -0.1) is 0 Å². The SMILES string of the molecule is CCCC(C)(O)CNc1ccc(C#N)c([N+](=O)[O-])c1. The van der Waals surface area contributed by atoms with Gasteiger partial charge >= 0.3 is 0 Å². The Morgan fingerprint density at radius 2 is 2.26 bits per heavy atom. The molecule has 0 radical (unpaired) electrons. The van der Waals surface area contributed by atoms with E-state index in [1.807, 2.05) is 6.92 Å². The number of nitro groups is 1. The molecule has 19 heavy (non-hydrogen) atoms. The number of rotatable bonds is 6. The number of hydrogen-bond acceptors (Lipinski definition) is 5. The van der Waals surface area contributed by atoms with E-state index < -0.39 is 10.5 Å². The summed E-state index contributed by atoms with van der Waals surface area (Å²) in [5.41, 5.74) is -0.558. The fourth-order valence-electron chi connectivity index (χ4n) is 1.81. The minimum atomic E-state index is -0.864. The molecule has 0 spiro atoms. The molecule has 0 fully saturated rings. The molecule has 0 heterocycles. The van der Waals surface area contributed by atoms with Crippen molar-refractivity contribution >= 4 is 11.4 Å². The predicted molar refractivity (Wildman–Crippen MR) is 71.8 cm³/mol. The quantitative estimate of drug-likeness (QED) is 0.606. The van der Waals surface area contributed by atoms with Gasteiger partial charge in [0.15, 0.2) is 0 Å². The first kappa shape index (κ1) is 14.9. The largest absolute Gasteiger partial charge is 0.388 e. The number of benzene rings is 1. The topological polar surface area (TPSA) is 99.2 Å². The molecule has 0 saturated carbocycles. The van der Waals surface area contributed by atoms with Gasteiger partial charge in [0.25, 0.3) is 5.69 Å². The monoisotopic (exact) mass is 263 g/mol. The van der Waals surface area contributed by atoms with Crippen LogP contribution in [0.5, 0.6) is 0 Å². The second-order valence-electron chi connectivity index (χ2n) is 4.70. The molecule has 1 atom stereocenters. The molecule has 102 valence electrons. The van der Waals surface area contributed by atoms with Gasteiger partial charge in [-0.25, -0.2) is 0 Å². The summed E-state index contributed by atoms with van der Waals surface area (Å²) in [5, 5.41) is 32.5. The summed E-state index contributed by atoms with van der Waals surface area (Å²) in [6.45, 7) is 3.98. The molecule has 0 bridgehead atoms. The van der Waals surface area contributed by atoms with E-state index >= 15 is 0 Å². The second-order valence-corrected chi connectivity index (χ2v) is 4.70. The summed E-state index contributed by atoms with van der Waals surface area (Å²) in [4.78, 5) is 10.2. The number of nitriles is 1. The number of aliphatic hydroxyl groups is 1. The molecule has 6 heteroatoms. The average Bonchev–Trinajstić information content (AvgIpc) is 2.36. The van der Waals surface area contributed by atoms with Gasteiger partial charge in [-0.1, -0.05) is 13.3 Å². The third-order valence-corrected chi connectivity index (χ3v) is 2.78. The van der Waals surface area contributed by atoms with Crippen molar-refractivity contribution in [3.63, 3.8) is 0 Å². The Kier molecular flexibility index (Phi) is 4.84. The Hall–Kier alpha value is -2.13. The zero-order valence-electron chi connectivity index (χ0n) is 11.0. The van der Waals surface area contributed by atoms with Crippen LogP contribution < -0.4 is 5.32 Å². The fourth-order valence-corrected chi connectivity index (χ4v) is 1.81. The van der Waals surface area contributed by atoms with Crippen LogP contribution in [0.1, 0.15) is 32.3 Å². The maximum absolute atomic E-state index is 10.8. The summed E-state index contributed by atoms with van der Waals surface area (Å²) >= 11 is 0. The van der Waals surface area contributed by atoms with E-state index in [4.69, 9.17) is 5.26 Å². The minimum absolute atomic E-state index is 0.0240. The van der Waals surface area contributed by atoms with Crippen molar-refractivity contribution in [2.24, 2.45) is 0 Å². The van der Waals surface area contributed by atoms with Crippen LogP contribution in [0.15, 0.2) is 18.2 Å². The predicted octanol–water partition coefficient (Wildman–Crippen LogP) is 2.43. The summed E-state index contributed by atoms with van der Waals surface area (Å²) < 4.78 is 0. The fraction of sp³-hybridized carbons (Fsp3) is 0.462. The van der Waals surface area contributed by atoms with Crippen molar-refractivity contribution < 1.29 is 10.0 Å². The van der Waals surface area contributed by atoms with Crippen molar-refractivity contribution in [1.82, 2.24) is 0 Å². The van der Waals surface area contributed by atoms with Crippen LogP contribution in [0, 0.1) is 21.4 Å². The molecule has 0 saturated heterocycles. The van der Waals surface area contributed by atoms with Crippen LogP contribution in [0.3, 0.4) is 0 Å². The normalized spacial score (nSPS) is 13.4. The molecule has 1 unspecified atom stereocenters. The van der Waals surface area contributed by atoms with Crippen molar-refractivity contribution in [1.29, 1.82) is 5.26 Å². The number of nitrogens with one attached hydrogen (secondary N) is 1. The van der Waals surface area contributed by atoms with Crippen LogP contribution in [0.4, 0.5) is 11.4 Å². The maximum atomic E-state index is 10.8. The Morgan fingerprint density at radius 3 is 2.79 bits per heavy atom. The Morgan fingerprint density at radius 1 is 1.58 bits per heavy atom. The Labute approximate surface area is 111 Å². The lowest BCUT2D eigenvalue weighted by Crippen LogP contribution is -2.33. The lowest BCUT2D eigenvalue weighted by Gasteiger charge is -2.23. The summed E-state index contributed by atoms with van der Waals surface area (Å²) in [6, 6.07) is 6.07. The lowest BCUT2D eigenvalue weighted by molar-refractivity contribution is -0.385. The van der Waals surface area contributed by atoms with Gasteiger partial charge in [-0.05, 0) is 25.5 Å². The van der Waals surface area contributed by atoms with Crippen LogP contribution in [-0.4, -0.2) is 22.2 Å². The Bertz CT molecular complexity index is 506. The van der Waals surface area contributed by atoms with Crippen LogP contribution in [0.25, 0.3) is 0 Å². The van der Waals surface area contributed by atoms with Gasteiger partial charge in [0.1, 0.15) is 11.6 Å². The van der Waals surface area contributed by atoms with E-state index in [0.29, 0.717) is 18.7 Å². The molecule has 6 nitrogen and oxygen atoms in total. The van der Waals surface area contributed by atoms with Crippen molar-refractivity contribution in [3.8, 4) is 6.07 Å². The van der Waals surface area contributed by atoms with Crippen molar-refractivity contribution in [3.05, 3.63) is 33.9 Å². The average molecular weight is 263 g/mol. The third kappa shape index (κ3) is 4.23. The van der Waals surface area contributed by atoms with Gasteiger partial charge in [-0.3, -0.25) is 10.1 Å². The minimum Gasteiger partial charge on any atom is -0.388 e. The van der Waals surface area contributed by atoms with Gasteiger partial charge in [0.2, 0.25) is 0 Å². The highest BCUT2D eigenvalue weighted by atomic mass is 16.6. The van der Waals surface area contributed by atoms with Crippen LogP contribution >= 0.6 is 0 Å². The van der Waals surface area contributed by atoms with Gasteiger partial charge < -0.3 is 10.4 Å². The molecule has 0 aliphatic heterocycles. The molecule has 0 aliphatic carbocycles. The van der Waals surface area contributed by atoms with Crippen molar-refractivity contribution in [2.45, 2.75) is 32.3 Å². The highest BCUT2D eigenvalue weighted by Crippen LogP contribution is 2.23. The van der Waals surface area contributed by atoms with Gasteiger partial charge in [0, 0.05) is 18.3 Å². The van der Waals surface area contributed by atoms with E-state index in [2.05, 4.69) is 5.32 Å². The third-order valence-electron chi connectivity index (χ3n) is 2.78. The Balaban J connectivity index is 2.84. The summed E-state index contributed by atoms with van der Waals surface area (Å²) in [7, 11) is 0. The van der Waals surface area contributed by atoms with Crippen molar-refractivity contribution in [2.75, 3.05) is 11.9 Å². The smallest absolute Gasteiger partial charge is 0.289 e. The zero-order valence-corrected chi connectivity index (χ0v) is 11.0. The van der Waals surface area contributed by atoms with Crippen LogP contribution in [0.2, 0.25) is 0 Å². The number of nitro benzene ring substituents is 1. The van der Waals surface area contributed by atoms with E-state index in [1.165, 1.54) is 12.1 Å². The van der Waals surface area contributed by atoms with Gasteiger partial charge in [0.05, 0.1) is 10.5 Å². The second kappa shape index (κ2) is 6.16. The molecule has 1 rings (SSSR count). The summed E-state index contributed by atoms with van der Waals surface area (Å²) in [5.74, 6) is 0. The van der Waals surface area contributed by atoms with E-state index in [-0.39, 0.29) is 11.3 Å². The van der Waals surface area contributed by atoms with Gasteiger partial charge in [-0.2, -0.15) is 5.26 Å². The maximum Gasteiger partial charge on any atom is 0.289 e. The molecule has 1 aromatic carbocycles. The first-order valence-corrected chi connectivity index (χ1v) is 6.04. The highest BCUT2D eigenvalue weighted by Gasteiger charge is 2.20. The molecule has 0 aromatic heterocycles. The number of nitrogens with zero attached hydrogens (tertiary/aromatic N) is 2. The molecule has 1 aromatic rings. The molecular formula is C13H17N3O3. The molecule has 0 aliphatic rings. The molecule has 0 amide bonds. The molecule has 2 N–H and O–H groups in total. The standard InChI is InChI=1S/C13H17N3O3/c1-3-6-13(2,17)9-15-11-5-4-10(8-14)12(7-11)16(18)19/h4-5,7,15,17H,3,6,9H2,1-2H3. The number of hydrogen-bond donors (Lipinski definition) is 2. The highest BCUT2D eigenvalue weighted by molar-refractivity contribution is 5.59. The van der Waals surface area contributed by atoms with E-state index in [9.17, 15) is 15.2 Å². The first-order chi connectivity index (χ1) is 8.89. The van der Waals surface area contributed by atoms with E-state index in [1.54, 1.807) is 19.1 Å². The molecular weight excluding hydrogens is 246 g/mol. The van der Waals surface area contributed by atoms with E-state index in [0.717, 1.165) is 6.42 Å². The number of anilines is 1. The summed E-state index contributed by atoms with van der Waals surface area (Å²) in [6.07, 6.45) is 1.49. The van der Waals surface area contributed by atoms with Crippen LogP contribution in [-0.2, 0) is 0 Å². The zero-order chi connectivity index (χ0) is 14.5.